The molecule has 0 rings (SSSR count). The molecule has 0 bridgehead atoms. The fourth-order valence-electron chi connectivity index (χ4n) is 1.55. The van der Waals surface area contributed by atoms with Crippen molar-refractivity contribution in [1.82, 2.24) is 4.90 Å². The zero-order valence-corrected chi connectivity index (χ0v) is 9.30. The SMILES string of the molecule is CC(C)N(C(C)C(N)=O)C(C)C(F)(F)F. The van der Waals surface area contributed by atoms with Crippen molar-refractivity contribution in [3.05, 3.63) is 0 Å². The van der Waals surface area contributed by atoms with Gasteiger partial charge in [0.2, 0.25) is 5.91 Å². The predicted octanol–water partition coefficient (Wildman–Crippen LogP) is 1.52. The normalized spacial score (nSPS) is 16.9. The van der Waals surface area contributed by atoms with Crippen LogP contribution in [0.15, 0.2) is 0 Å². The number of alkyl halides is 3. The molecule has 1 amide bonds. The van der Waals surface area contributed by atoms with Crippen LogP contribution >= 0.6 is 0 Å². The van der Waals surface area contributed by atoms with E-state index in [2.05, 4.69) is 0 Å². The van der Waals surface area contributed by atoms with E-state index in [4.69, 9.17) is 5.73 Å². The van der Waals surface area contributed by atoms with Crippen LogP contribution < -0.4 is 5.73 Å². The van der Waals surface area contributed by atoms with Gasteiger partial charge in [-0.3, -0.25) is 9.69 Å². The van der Waals surface area contributed by atoms with Crippen LogP contribution in [0.2, 0.25) is 0 Å². The summed E-state index contributed by atoms with van der Waals surface area (Å²) in [5.41, 5.74) is 5.01. The van der Waals surface area contributed by atoms with E-state index >= 15 is 0 Å². The summed E-state index contributed by atoms with van der Waals surface area (Å²) in [6, 6.07) is -3.01. The van der Waals surface area contributed by atoms with E-state index in [1.165, 1.54) is 6.92 Å². The third-order valence-electron chi connectivity index (χ3n) is 2.38. The molecule has 0 aromatic rings. The number of carbonyl (C=O) groups excluding carboxylic acids is 1. The Morgan fingerprint density at radius 2 is 1.60 bits per heavy atom. The van der Waals surface area contributed by atoms with E-state index in [0.29, 0.717) is 0 Å². The minimum absolute atomic E-state index is 0.399. The molecular formula is C9H17F3N2O. The molecule has 0 fully saturated rings. The second-order valence-electron chi connectivity index (χ2n) is 3.84. The molecule has 0 aliphatic rings. The molecule has 3 nitrogen and oxygen atoms in total. The van der Waals surface area contributed by atoms with Crippen LogP contribution in [0.5, 0.6) is 0 Å². The molecule has 0 radical (unpaired) electrons. The summed E-state index contributed by atoms with van der Waals surface area (Å²) in [6.45, 7) is 5.60. The van der Waals surface area contributed by atoms with Crippen molar-refractivity contribution in [2.75, 3.05) is 0 Å². The van der Waals surface area contributed by atoms with Crippen LogP contribution in [-0.2, 0) is 4.79 Å². The minimum atomic E-state index is -4.35. The Labute approximate surface area is 87.4 Å². The lowest BCUT2D eigenvalue weighted by Crippen LogP contribution is -2.55. The smallest absolute Gasteiger partial charge is 0.368 e. The molecule has 0 aromatic heterocycles. The van der Waals surface area contributed by atoms with Crippen LogP contribution in [0, 0.1) is 0 Å². The number of nitrogens with two attached hydrogens (primary N) is 1. The van der Waals surface area contributed by atoms with Crippen molar-refractivity contribution in [1.29, 1.82) is 0 Å². The molecule has 2 atom stereocenters. The second kappa shape index (κ2) is 4.83. The number of carbonyl (C=O) groups is 1. The van der Waals surface area contributed by atoms with Gasteiger partial charge in [-0.2, -0.15) is 13.2 Å². The Morgan fingerprint density at radius 1 is 1.20 bits per heavy atom. The molecule has 0 aliphatic heterocycles. The van der Waals surface area contributed by atoms with Crippen LogP contribution in [0.25, 0.3) is 0 Å². The van der Waals surface area contributed by atoms with Crippen LogP contribution in [0.1, 0.15) is 27.7 Å². The Bertz CT molecular complexity index is 228. The standard InChI is InChI=1S/C9H17F3N2O/c1-5(2)14(6(3)8(13)15)7(4)9(10,11)12/h5-7H,1-4H3,(H2,13,15). The molecule has 0 spiro atoms. The predicted molar refractivity (Wildman–Crippen MR) is 51.1 cm³/mol. The molecule has 0 heterocycles. The number of halogens is 3. The lowest BCUT2D eigenvalue weighted by Gasteiger charge is -2.37. The molecular weight excluding hydrogens is 209 g/mol. The molecule has 0 saturated carbocycles. The third kappa shape index (κ3) is 3.70. The molecule has 2 unspecified atom stereocenters. The number of hydrogen-bond acceptors (Lipinski definition) is 2. The van der Waals surface area contributed by atoms with Crippen molar-refractivity contribution in [3.63, 3.8) is 0 Å². The average Bonchev–Trinajstić information content (AvgIpc) is 2.01. The zero-order chi connectivity index (χ0) is 12.4. The van der Waals surface area contributed by atoms with Gasteiger partial charge in [0.25, 0.3) is 0 Å². The topological polar surface area (TPSA) is 46.3 Å². The van der Waals surface area contributed by atoms with E-state index < -0.39 is 30.2 Å². The quantitative estimate of drug-likeness (QED) is 0.790. The summed E-state index contributed by atoms with van der Waals surface area (Å²) in [6.07, 6.45) is -4.35. The van der Waals surface area contributed by atoms with Gasteiger partial charge in [0.15, 0.2) is 0 Å². The fourth-order valence-corrected chi connectivity index (χ4v) is 1.55. The molecule has 0 aliphatic carbocycles. The highest BCUT2D eigenvalue weighted by Crippen LogP contribution is 2.27. The maximum atomic E-state index is 12.5. The molecule has 15 heavy (non-hydrogen) atoms. The number of primary amides is 1. The summed E-state index contributed by atoms with van der Waals surface area (Å²) in [5.74, 6) is -0.750. The fraction of sp³-hybridized carbons (Fsp3) is 0.889. The van der Waals surface area contributed by atoms with Gasteiger partial charge in [0.1, 0.15) is 6.04 Å². The Morgan fingerprint density at radius 3 is 1.80 bits per heavy atom. The van der Waals surface area contributed by atoms with E-state index in [1.807, 2.05) is 0 Å². The zero-order valence-electron chi connectivity index (χ0n) is 9.30. The molecule has 2 N–H and O–H groups in total. The first-order chi connectivity index (χ1) is 6.59. The van der Waals surface area contributed by atoms with Crippen LogP contribution in [0.4, 0.5) is 13.2 Å². The largest absolute Gasteiger partial charge is 0.403 e. The van der Waals surface area contributed by atoms with Crippen LogP contribution in [0.3, 0.4) is 0 Å². The van der Waals surface area contributed by atoms with Gasteiger partial charge in [-0.1, -0.05) is 0 Å². The Balaban J connectivity index is 4.90. The van der Waals surface area contributed by atoms with E-state index in [9.17, 15) is 18.0 Å². The van der Waals surface area contributed by atoms with E-state index in [-0.39, 0.29) is 0 Å². The van der Waals surface area contributed by atoms with Crippen molar-refractivity contribution in [2.45, 2.75) is 52.0 Å². The monoisotopic (exact) mass is 226 g/mol. The summed E-state index contributed by atoms with van der Waals surface area (Å²) >= 11 is 0. The molecule has 90 valence electrons. The lowest BCUT2D eigenvalue weighted by molar-refractivity contribution is -0.189. The lowest BCUT2D eigenvalue weighted by atomic mass is 10.1. The van der Waals surface area contributed by atoms with Gasteiger partial charge in [0.05, 0.1) is 6.04 Å². The first-order valence-electron chi connectivity index (χ1n) is 4.72. The minimum Gasteiger partial charge on any atom is -0.368 e. The highest BCUT2D eigenvalue weighted by atomic mass is 19.4. The van der Waals surface area contributed by atoms with Crippen molar-refractivity contribution in [2.24, 2.45) is 5.73 Å². The van der Waals surface area contributed by atoms with E-state index in [0.717, 1.165) is 11.8 Å². The Kier molecular flexibility index (Phi) is 4.58. The first kappa shape index (κ1) is 14.2. The number of nitrogens with zero attached hydrogens (tertiary/aromatic N) is 1. The Hall–Kier alpha value is -0.780. The highest BCUT2D eigenvalue weighted by molar-refractivity contribution is 5.79. The van der Waals surface area contributed by atoms with Crippen molar-refractivity contribution in [3.8, 4) is 0 Å². The van der Waals surface area contributed by atoms with Gasteiger partial charge in [-0.05, 0) is 27.7 Å². The third-order valence-corrected chi connectivity index (χ3v) is 2.38. The van der Waals surface area contributed by atoms with Gasteiger partial charge >= 0.3 is 6.18 Å². The summed E-state index contributed by atoms with van der Waals surface area (Å²) in [5, 5.41) is 0. The second-order valence-corrected chi connectivity index (χ2v) is 3.84. The molecule has 0 saturated heterocycles. The van der Waals surface area contributed by atoms with Crippen molar-refractivity contribution >= 4 is 5.91 Å². The van der Waals surface area contributed by atoms with Gasteiger partial charge in [0, 0.05) is 6.04 Å². The van der Waals surface area contributed by atoms with Gasteiger partial charge < -0.3 is 5.73 Å². The average molecular weight is 226 g/mol. The van der Waals surface area contributed by atoms with Gasteiger partial charge in [-0.25, -0.2) is 0 Å². The van der Waals surface area contributed by atoms with Gasteiger partial charge in [-0.15, -0.1) is 0 Å². The molecule has 6 heteroatoms. The number of hydrogen-bond donors (Lipinski definition) is 1. The molecule has 0 aromatic carbocycles. The number of amides is 1. The first-order valence-corrected chi connectivity index (χ1v) is 4.72. The highest BCUT2D eigenvalue weighted by Gasteiger charge is 2.43. The van der Waals surface area contributed by atoms with Crippen molar-refractivity contribution < 1.29 is 18.0 Å². The summed E-state index contributed by atoms with van der Waals surface area (Å²) < 4.78 is 37.5. The van der Waals surface area contributed by atoms with Crippen LogP contribution in [-0.4, -0.2) is 35.1 Å². The maximum absolute atomic E-state index is 12.5. The summed E-state index contributed by atoms with van der Waals surface area (Å²) in [4.78, 5) is 11.9. The number of rotatable bonds is 4. The van der Waals surface area contributed by atoms with E-state index in [1.54, 1.807) is 13.8 Å². The maximum Gasteiger partial charge on any atom is 0.403 e. The summed E-state index contributed by atoms with van der Waals surface area (Å²) in [7, 11) is 0.